The number of likely N-dealkylation sites (N-methyl/N-ethyl adjacent to an activating group) is 1. The van der Waals surface area contributed by atoms with Crippen LogP contribution in [-0.2, 0) is 6.42 Å². The molecule has 1 N–H and O–H groups in total. The summed E-state index contributed by atoms with van der Waals surface area (Å²) in [5.74, 6) is -0.656. The number of rotatable bonds is 6. The van der Waals surface area contributed by atoms with Gasteiger partial charge in [0.25, 0.3) is 0 Å². The summed E-state index contributed by atoms with van der Waals surface area (Å²) in [6, 6.07) is 9.48. The first kappa shape index (κ1) is 17.9. The van der Waals surface area contributed by atoms with E-state index in [9.17, 15) is 9.18 Å². The van der Waals surface area contributed by atoms with Crippen LogP contribution in [0.1, 0.15) is 15.9 Å². The highest BCUT2D eigenvalue weighted by molar-refractivity contribution is 5.96. The first-order valence-corrected chi connectivity index (χ1v) is 8.29. The first-order chi connectivity index (χ1) is 12.5. The molecule has 0 spiro atoms. The molecule has 0 amide bonds. The van der Waals surface area contributed by atoms with E-state index in [1.54, 1.807) is 12.1 Å². The lowest BCUT2D eigenvalue weighted by molar-refractivity contribution is 0.0732. The highest BCUT2D eigenvalue weighted by Crippen LogP contribution is 2.30. The molecule has 0 saturated heterocycles. The molecule has 0 saturated carbocycles. The van der Waals surface area contributed by atoms with Crippen LogP contribution >= 0.6 is 0 Å². The molecular formula is C20H21FN2O3. The molecule has 26 heavy (non-hydrogen) atoms. The number of halogens is 1. The maximum absolute atomic E-state index is 14.1. The van der Waals surface area contributed by atoms with Gasteiger partial charge >= 0.3 is 5.97 Å². The maximum Gasteiger partial charge on any atom is 0.346 e. The lowest BCUT2D eigenvalue weighted by atomic mass is 10.1. The SMILES string of the molecule is COc1ccc(C(=O)Oc2cccc3[nH]cc(CCN(C)C)c23)c(F)c1. The number of H-pyrrole nitrogens is 1. The molecule has 3 aromatic rings. The summed E-state index contributed by atoms with van der Waals surface area (Å²) in [5, 5.41) is 0.844. The Morgan fingerprint density at radius 1 is 1.23 bits per heavy atom. The van der Waals surface area contributed by atoms with E-state index in [0.29, 0.717) is 11.5 Å². The molecule has 6 heteroatoms. The third-order valence-corrected chi connectivity index (χ3v) is 4.18. The van der Waals surface area contributed by atoms with Crippen molar-refractivity contribution in [1.82, 2.24) is 9.88 Å². The molecule has 0 aliphatic heterocycles. The number of esters is 1. The Balaban J connectivity index is 1.90. The maximum atomic E-state index is 14.1. The fourth-order valence-corrected chi connectivity index (χ4v) is 2.79. The average molecular weight is 356 g/mol. The van der Waals surface area contributed by atoms with Crippen LogP contribution in [0.4, 0.5) is 4.39 Å². The van der Waals surface area contributed by atoms with Gasteiger partial charge in [0.05, 0.1) is 12.7 Å². The fraction of sp³-hybridized carbons (Fsp3) is 0.250. The molecule has 5 nitrogen and oxygen atoms in total. The lowest BCUT2D eigenvalue weighted by Crippen LogP contribution is -2.15. The number of aromatic nitrogens is 1. The topological polar surface area (TPSA) is 54.6 Å². The number of ether oxygens (including phenoxy) is 2. The smallest absolute Gasteiger partial charge is 0.346 e. The first-order valence-electron chi connectivity index (χ1n) is 8.29. The summed E-state index contributed by atoms with van der Waals surface area (Å²) in [5.41, 5.74) is 1.79. The standard InChI is InChI=1S/C20H21FN2O3/c1-23(2)10-9-13-12-22-17-5-4-6-18(19(13)17)26-20(24)15-8-7-14(25-3)11-16(15)21/h4-8,11-12,22H,9-10H2,1-3H3. The molecule has 3 rings (SSSR count). The van der Waals surface area contributed by atoms with Gasteiger partial charge in [-0.15, -0.1) is 0 Å². The van der Waals surface area contributed by atoms with E-state index in [2.05, 4.69) is 9.88 Å². The van der Waals surface area contributed by atoms with E-state index < -0.39 is 11.8 Å². The van der Waals surface area contributed by atoms with E-state index in [1.807, 2.05) is 26.4 Å². The van der Waals surface area contributed by atoms with Gasteiger partial charge in [0, 0.05) is 29.7 Å². The quantitative estimate of drug-likeness (QED) is 0.541. The average Bonchev–Trinajstić information content (AvgIpc) is 3.04. The number of methoxy groups -OCH3 is 1. The molecule has 2 aromatic carbocycles. The molecule has 1 aromatic heterocycles. The van der Waals surface area contributed by atoms with Crippen molar-refractivity contribution in [1.29, 1.82) is 0 Å². The second-order valence-corrected chi connectivity index (χ2v) is 6.28. The van der Waals surface area contributed by atoms with Crippen LogP contribution in [0.2, 0.25) is 0 Å². The van der Waals surface area contributed by atoms with E-state index in [-0.39, 0.29) is 5.56 Å². The Morgan fingerprint density at radius 3 is 2.73 bits per heavy atom. The zero-order valence-corrected chi connectivity index (χ0v) is 15.0. The summed E-state index contributed by atoms with van der Waals surface area (Å²) in [6.45, 7) is 0.863. The minimum Gasteiger partial charge on any atom is -0.497 e. The molecular weight excluding hydrogens is 335 g/mol. The molecule has 0 fully saturated rings. The van der Waals surface area contributed by atoms with Crippen molar-refractivity contribution in [2.45, 2.75) is 6.42 Å². The van der Waals surface area contributed by atoms with Crippen LogP contribution in [-0.4, -0.2) is 43.6 Å². The van der Waals surface area contributed by atoms with Gasteiger partial charge in [-0.2, -0.15) is 0 Å². The number of fused-ring (bicyclic) bond motifs is 1. The van der Waals surface area contributed by atoms with Crippen molar-refractivity contribution in [3.8, 4) is 11.5 Å². The van der Waals surface area contributed by atoms with Crippen LogP contribution < -0.4 is 9.47 Å². The molecule has 0 aliphatic rings. The Bertz CT molecular complexity index is 934. The van der Waals surface area contributed by atoms with E-state index in [4.69, 9.17) is 9.47 Å². The van der Waals surface area contributed by atoms with E-state index in [0.717, 1.165) is 35.5 Å². The lowest BCUT2D eigenvalue weighted by Gasteiger charge is -2.11. The van der Waals surface area contributed by atoms with Crippen LogP contribution in [0.3, 0.4) is 0 Å². The third kappa shape index (κ3) is 3.70. The summed E-state index contributed by atoms with van der Waals surface area (Å²) < 4.78 is 24.6. The van der Waals surface area contributed by atoms with Crippen molar-refractivity contribution in [3.05, 3.63) is 59.5 Å². The largest absolute Gasteiger partial charge is 0.497 e. The Labute approximate surface area is 151 Å². The highest BCUT2D eigenvalue weighted by atomic mass is 19.1. The summed E-state index contributed by atoms with van der Waals surface area (Å²) in [4.78, 5) is 17.7. The minimum atomic E-state index is -0.739. The van der Waals surface area contributed by atoms with Crippen molar-refractivity contribution in [2.24, 2.45) is 0 Å². The highest BCUT2D eigenvalue weighted by Gasteiger charge is 2.18. The summed E-state index contributed by atoms with van der Waals surface area (Å²) in [6.07, 6.45) is 2.72. The molecule has 0 aliphatic carbocycles. The monoisotopic (exact) mass is 356 g/mol. The Morgan fingerprint density at radius 2 is 2.04 bits per heavy atom. The number of carbonyl (C=O) groups excluding carboxylic acids is 1. The predicted molar refractivity (Wildman–Crippen MR) is 98.5 cm³/mol. The van der Waals surface area contributed by atoms with Crippen molar-refractivity contribution in [2.75, 3.05) is 27.7 Å². The van der Waals surface area contributed by atoms with Gasteiger partial charge < -0.3 is 19.4 Å². The number of aromatic amines is 1. The van der Waals surface area contributed by atoms with Crippen LogP contribution in [0, 0.1) is 5.82 Å². The van der Waals surface area contributed by atoms with Gasteiger partial charge in [-0.1, -0.05) is 6.07 Å². The Hall–Kier alpha value is -2.86. The van der Waals surface area contributed by atoms with Crippen LogP contribution in [0.5, 0.6) is 11.5 Å². The Kier molecular flexibility index (Phi) is 5.23. The number of nitrogens with zero attached hydrogens (tertiary/aromatic N) is 1. The van der Waals surface area contributed by atoms with Gasteiger partial charge in [0.1, 0.15) is 17.3 Å². The molecule has 0 bridgehead atoms. The zero-order chi connectivity index (χ0) is 18.7. The van der Waals surface area contributed by atoms with Crippen LogP contribution in [0.15, 0.2) is 42.6 Å². The second kappa shape index (κ2) is 7.58. The minimum absolute atomic E-state index is 0.131. The van der Waals surface area contributed by atoms with Gasteiger partial charge in [-0.3, -0.25) is 0 Å². The number of hydrogen-bond donors (Lipinski definition) is 1. The normalized spacial score (nSPS) is 11.1. The zero-order valence-electron chi connectivity index (χ0n) is 15.0. The summed E-state index contributed by atoms with van der Waals surface area (Å²) in [7, 11) is 5.44. The fourth-order valence-electron chi connectivity index (χ4n) is 2.79. The number of carbonyl (C=O) groups is 1. The molecule has 0 atom stereocenters. The molecule has 0 unspecified atom stereocenters. The molecule has 0 radical (unpaired) electrons. The van der Waals surface area contributed by atoms with Gasteiger partial charge in [0.15, 0.2) is 0 Å². The van der Waals surface area contributed by atoms with Crippen molar-refractivity contribution >= 4 is 16.9 Å². The number of nitrogens with one attached hydrogen (secondary N) is 1. The number of hydrogen-bond acceptors (Lipinski definition) is 4. The summed E-state index contributed by atoms with van der Waals surface area (Å²) >= 11 is 0. The third-order valence-electron chi connectivity index (χ3n) is 4.18. The van der Waals surface area contributed by atoms with Gasteiger partial charge in [0.2, 0.25) is 0 Å². The van der Waals surface area contributed by atoms with Gasteiger partial charge in [-0.25, -0.2) is 9.18 Å². The molecule has 136 valence electrons. The van der Waals surface area contributed by atoms with Crippen molar-refractivity contribution < 1.29 is 18.7 Å². The number of benzene rings is 2. The van der Waals surface area contributed by atoms with Crippen LogP contribution in [0.25, 0.3) is 10.9 Å². The van der Waals surface area contributed by atoms with E-state index in [1.165, 1.54) is 19.2 Å². The van der Waals surface area contributed by atoms with Gasteiger partial charge in [-0.05, 0) is 50.3 Å². The van der Waals surface area contributed by atoms with E-state index >= 15 is 0 Å². The molecule has 1 heterocycles. The second-order valence-electron chi connectivity index (χ2n) is 6.28. The predicted octanol–water partition coefficient (Wildman–Crippen LogP) is 3.64. The van der Waals surface area contributed by atoms with Crippen molar-refractivity contribution in [3.63, 3.8) is 0 Å².